The van der Waals surface area contributed by atoms with Crippen LogP contribution in [0.25, 0.3) is 0 Å². The summed E-state index contributed by atoms with van der Waals surface area (Å²) in [6, 6.07) is 13.2. The molecule has 35 heavy (non-hydrogen) atoms. The van der Waals surface area contributed by atoms with Crippen molar-refractivity contribution in [3.05, 3.63) is 87.6 Å². The molecule has 3 aromatic rings. The molecule has 0 unspecified atom stereocenters. The highest BCUT2D eigenvalue weighted by Gasteiger charge is 2.35. The van der Waals surface area contributed by atoms with Gasteiger partial charge in [-0.2, -0.15) is 0 Å². The molecule has 0 N–H and O–H groups in total. The summed E-state index contributed by atoms with van der Waals surface area (Å²) in [5.41, 5.74) is 1.26. The van der Waals surface area contributed by atoms with Gasteiger partial charge in [-0.15, -0.1) is 11.3 Å². The van der Waals surface area contributed by atoms with Crippen molar-refractivity contribution in [3.8, 4) is 5.75 Å². The number of amides is 2. The Morgan fingerprint density at radius 2 is 1.83 bits per heavy atom. The molecule has 1 aliphatic heterocycles. The molecule has 2 aliphatic rings. The summed E-state index contributed by atoms with van der Waals surface area (Å²) in [5.74, 6) is -0.620. The maximum atomic E-state index is 13.7. The molecule has 1 atom stereocenters. The molecular weight excluding hydrogens is 470 g/mol. The van der Waals surface area contributed by atoms with Gasteiger partial charge in [-0.3, -0.25) is 9.59 Å². The lowest BCUT2D eigenvalue weighted by atomic mass is 10.0. The summed E-state index contributed by atoms with van der Waals surface area (Å²) in [6.45, 7) is 1.08. The number of benzene rings is 2. The van der Waals surface area contributed by atoms with E-state index in [2.05, 4.69) is 0 Å². The van der Waals surface area contributed by atoms with Gasteiger partial charge in [-0.05, 0) is 72.5 Å². The fraction of sp³-hybridized carbons (Fsp3) is 0.333. The molecule has 1 aromatic heterocycles. The van der Waals surface area contributed by atoms with Gasteiger partial charge < -0.3 is 14.5 Å². The van der Waals surface area contributed by atoms with Gasteiger partial charge in [-0.25, -0.2) is 8.78 Å². The molecule has 0 bridgehead atoms. The molecule has 0 radical (unpaired) electrons. The first-order chi connectivity index (χ1) is 17.0. The van der Waals surface area contributed by atoms with Crippen LogP contribution in [0, 0.1) is 17.6 Å². The van der Waals surface area contributed by atoms with Crippen molar-refractivity contribution in [2.24, 2.45) is 5.92 Å². The summed E-state index contributed by atoms with van der Waals surface area (Å²) >= 11 is 1.65. The molecule has 1 fully saturated rings. The van der Waals surface area contributed by atoms with E-state index in [1.165, 1.54) is 35.2 Å². The number of hydrogen-bond acceptors (Lipinski definition) is 4. The van der Waals surface area contributed by atoms with Gasteiger partial charge in [0.1, 0.15) is 30.5 Å². The highest BCUT2D eigenvalue weighted by Crippen LogP contribution is 2.35. The first kappa shape index (κ1) is 23.5. The Morgan fingerprint density at radius 3 is 2.57 bits per heavy atom. The Morgan fingerprint density at radius 1 is 1.06 bits per heavy atom. The molecular formula is C27H26F2N2O3S. The standard InChI is InChI=1S/C27H26F2N2O3S/c28-20-4-1-3-19(13-20)27(33)30(15-18-7-8-18)16-26(32)31-11-9-25-23(10-12-35-25)24(31)17-34-22-6-2-5-21(29)14-22/h1-6,10,12-14,18,24H,7-9,11,15-17H2/t24-/m0/s1. The van der Waals surface area contributed by atoms with Crippen LogP contribution in [0.4, 0.5) is 8.78 Å². The van der Waals surface area contributed by atoms with Crippen LogP contribution in [-0.2, 0) is 11.2 Å². The normalized spacial score (nSPS) is 17.1. The molecule has 1 saturated carbocycles. The van der Waals surface area contributed by atoms with Gasteiger partial charge >= 0.3 is 0 Å². The van der Waals surface area contributed by atoms with Crippen LogP contribution in [0.15, 0.2) is 60.0 Å². The number of carbonyl (C=O) groups excluding carboxylic acids is 2. The zero-order valence-electron chi connectivity index (χ0n) is 19.2. The topological polar surface area (TPSA) is 49.9 Å². The summed E-state index contributed by atoms with van der Waals surface area (Å²) in [7, 11) is 0. The van der Waals surface area contributed by atoms with Gasteiger partial charge in [0.25, 0.3) is 5.91 Å². The average Bonchev–Trinajstić information content (AvgIpc) is 3.54. The number of fused-ring (bicyclic) bond motifs is 1. The summed E-state index contributed by atoms with van der Waals surface area (Å²) in [6.07, 6.45) is 2.77. The van der Waals surface area contributed by atoms with Crippen LogP contribution in [0.2, 0.25) is 0 Å². The van der Waals surface area contributed by atoms with Crippen molar-refractivity contribution < 1.29 is 23.1 Å². The van der Waals surface area contributed by atoms with Gasteiger partial charge in [0.2, 0.25) is 5.91 Å². The summed E-state index contributed by atoms with van der Waals surface area (Å²) in [4.78, 5) is 31.3. The second-order valence-electron chi connectivity index (χ2n) is 9.06. The smallest absolute Gasteiger partial charge is 0.254 e. The van der Waals surface area contributed by atoms with Gasteiger partial charge in [0.05, 0.1) is 6.04 Å². The monoisotopic (exact) mass is 496 g/mol. The molecule has 182 valence electrons. The van der Waals surface area contributed by atoms with Crippen LogP contribution in [0.1, 0.15) is 39.7 Å². The van der Waals surface area contributed by atoms with Crippen molar-refractivity contribution in [1.82, 2.24) is 9.80 Å². The number of thiophene rings is 1. The van der Waals surface area contributed by atoms with Gasteiger partial charge in [-0.1, -0.05) is 12.1 Å². The van der Waals surface area contributed by atoms with E-state index in [4.69, 9.17) is 4.74 Å². The van der Waals surface area contributed by atoms with E-state index in [9.17, 15) is 18.4 Å². The van der Waals surface area contributed by atoms with Crippen LogP contribution >= 0.6 is 11.3 Å². The minimum absolute atomic E-state index is 0.0816. The van der Waals surface area contributed by atoms with E-state index >= 15 is 0 Å². The van der Waals surface area contributed by atoms with E-state index < -0.39 is 5.82 Å². The Hall–Kier alpha value is -3.26. The van der Waals surface area contributed by atoms with Crippen LogP contribution in [-0.4, -0.2) is 47.9 Å². The number of carbonyl (C=O) groups is 2. The van der Waals surface area contributed by atoms with E-state index in [0.29, 0.717) is 24.8 Å². The average molecular weight is 497 g/mol. The van der Waals surface area contributed by atoms with E-state index in [-0.39, 0.29) is 42.4 Å². The molecule has 8 heteroatoms. The fourth-order valence-corrected chi connectivity index (χ4v) is 5.42. The van der Waals surface area contributed by atoms with Crippen molar-refractivity contribution in [1.29, 1.82) is 0 Å². The third-order valence-corrected chi connectivity index (χ3v) is 7.48. The fourth-order valence-electron chi connectivity index (χ4n) is 4.50. The molecule has 0 spiro atoms. The quantitative estimate of drug-likeness (QED) is 0.437. The van der Waals surface area contributed by atoms with Crippen LogP contribution < -0.4 is 4.74 Å². The zero-order valence-corrected chi connectivity index (χ0v) is 20.0. The highest BCUT2D eigenvalue weighted by atomic mass is 32.1. The predicted molar refractivity (Wildman–Crippen MR) is 129 cm³/mol. The lowest BCUT2D eigenvalue weighted by Gasteiger charge is -2.37. The minimum Gasteiger partial charge on any atom is -0.491 e. The SMILES string of the molecule is O=C(c1cccc(F)c1)N(CC(=O)N1CCc2sccc2[C@@H]1COc1cccc(F)c1)CC1CC1. The van der Waals surface area contributed by atoms with Crippen molar-refractivity contribution >= 4 is 23.2 Å². The third kappa shape index (κ3) is 5.53. The summed E-state index contributed by atoms with van der Waals surface area (Å²) < 4.78 is 33.3. The Labute approximate surface area is 206 Å². The summed E-state index contributed by atoms with van der Waals surface area (Å²) in [5, 5.41) is 2.00. The molecule has 2 amide bonds. The molecule has 1 aliphatic carbocycles. The third-order valence-electron chi connectivity index (χ3n) is 6.48. The number of halogens is 2. The molecule has 2 aromatic carbocycles. The van der Waals surface area contributed by atoms with Crippen molar-refractivity contribution in [3.63, 3.8) is 0 Å². The number of hydrogen-bond donors (Lipinski definition) is 0. The predicted octanol–water partition coefficient (Wildman–Crippen LogP) is 5.08. The van der Waals surface area contributed by atoms with Crippen LogP contribution in [0.3, 0.4) is 0 Å². The Kier molecular flexibility index (Phi) is 6.81. The Bertz CT molecular complexity index is 1230. The Balaban J connectivity index is 1.34. The maximum Gasteiger partial charge on any atom is 0.254 e. The lowest BCUT2D eigenvalue weighted by molar-refractivity contribution is -0.135. The molecule has 0 saturated heterocycles. The van der Waals surface area contributed by atoms with Gasteiger partial charge in [0.15, 0.2) is 0 Å². The number of rotatable bonds is 8. The highest BCUT2D eigenvalue weighted by molar-refractivity contribution is 7.10. The molecule has 5 rings (SSSR count). The second-order valence-corrected chi connectivity index (χ2v) is 10.1. The zero-order chi connectivity index (χ0) is 24.4. The number of ether oxygens (including phenoxy) is 1. The van der Waals surface area contributed by atoms with Crippen molar-refractivity contribution in [2.45, 2.75) is 25.3 Å². The number of nitrogens with zero attached hydrogens (tertiary/aromatic N) is 2. The maximum absolute atomic E-state index is 13.7. The minimum atomic E-state index is -0.482. The van der Waals surface area contributed by atoms with E-state index in [0.717, 1.165) is 24.8 Å². The first-order valence-corrected chi connectivity index (χ1v) is 12.6. The second kappa shape index (κ2) is 10.2. The van der Waals surface area contributed by atoms with Crippen LogP contribution in [0.5, 0.6) is 5.75 Å². The van der Waals surface area contributed by atoms with Gasteiger partial charge in [0, 0.05) is 29.6 Å². The molecule has 2 heterocycles. The lowest BCUT2D eigenvalue weighted by Crippen LogP contribution is -2.48. The largest absolute Gasteiger partial charge is 0.491 e. The first-order valence-electron chi connectivity index (χ1n) is 11.8. The van der Waals surface area contributed by atoms with E-state index in [1.54, 1.807) is 39.3 Å². The molecule has 5 nitrogen and oxygen atoms in total. The van der Waals surface area contributed by atoms with E-state index in [1.807, 2.05) is 11.4 Å². The van der Waals surface area contributed by atoms with Crippen molar-refractivity contribution in [2.75, 3.05) is 26.2 Å².